The Morgan fingerprint density at radius 3 is 2.55 bits per heavy atom. The molecule has 0 bridgehead atoms. The number of benzene rings is 2. The van der Waals surface area contributed by atoms with Crippen molar-refractivity contribution in [3.8, 4) is 11.5 Å². The summed E-state index contributed by atoms with van der Waals surface area (Å²) in [5, 5.41) is 0. The molecular weight excluding hydrogens is 270 g/mol. The summed E-state index contributed by atoms with van der Waals surface area (Å²) in [7, 11) is 1.60. The van der Waals surface area contributed by atoms with E-state index in [2.05, 4.69) is 0 Å². The van der Waals surface area contributed by atoms with Crippen LogP contribution in [-0.4, -0.2) is 12.1 Å². The van der Waals surface area contributed by atoms with Crippen LogP contribution in [0.5, 0.6) is 11.5 Å². The SMILES string of the molecule is COc1cc(COc2ccccc2C)ccc1C(N)=S. The van der Waals surface area contributed by atoms with Crippen LogP contribution in [-0.2, 0) is 6.61 Å². The van der Waals surface area contributed by atoms with Gasteiger partial charge in [-0.1, -0.05) is 36.5 Å². The third-order valence-electron chi connectivity index (χ3n) is 3.02. The minimum absolute atomic E-state index is 0.327. The summed E-state index contributed by atoms with van der Waals surface area (Å²) in [5.74, 6) is 1.55. The van der Waals surface area contributed by atoms with Gasteiger partial charge in [0, 0.05) is 0 Å². The minimum Gasteiger partial charge on any atom is -0.496 e. The molecule has 0 atom stereocenters. The second kappa shape index (κ2) is 6.39. The molecule has 0 saturated heterocycles. The molecule has 0 heterocycles. The van der Waals surface area contributed by atoms with Gasteiger partial charge in [-0.15, -0.1) is 0 Å². The molecule has 2 aromatic carbocycles. The maximum atomic E-state index is 5.80. The van der Waals surface area contributed by atoms with Crippen molar-refractivity contribution < 1.29 is 9.47 Å². The largest absolute Gasteiger partial charge is 0.496 e. The van der Waals surface area contributed by atoms with E-state index in [0.29, 0.717) is 17.3 Å². The number of thiocarbonyl (C=S) groups is 1. The molecule has 0 amide bonds. The molecule has 20 heavy (non-hydrogen) atoms. The van der Waals surface area contributed by atoms with Crippen LogP contribution < -0.4 is 15.2 Å². The average Bonchev–Trinajstić information content (AvgIpc) is 2.46. The molecule has 0 aliphatic rings. The second-order valence-electron chi connectivity index (χ2n) is 4.45. The highest BCUT2D eigenvalue weighted by Crippen LogP contribution is 2.22. The van der Waals surface area contributed by atoms with Gasteiger partial charge in [0.15, 0.2) is 0 Å². The molecule has 4 heteroatoms. The van der Waals surface area contributed by atoms with Crippen molar-refractivity contribution in [1.82, 2.24) is 0 Å². The van der Waals surface area contributed by atoms with Gasteiger partial charge in [0.05, 0.1) is 12.7 Å². The molecule has 104 valence electrons. The van der Waals surface area contributed by atoms with Gasteiger partial charge in [-0.3, -0.25) is 0 Å². The molecule has 0 aliphatic carbocycles. The Kier molecular flexibility index (Phi) is 4.58. The van der Waals surface area contributed by atoms with Crippen LogP contribution in [0.15, 0.2) is 42.5 Å². The zero-order valence-corrected chi connectivity index (χ0v) is 12.4. The fourth-order valence-corrected chi connectivity index (χ4v) is 2.08. The Morgan fingerprint density at radius 1 is 1.15 bits per heavy atom. The van der Waals surface area contributed by atoms with Crippen molar-refractivity contribution in [2.75, 3.05) is 7.11 Å². The Bertz CT molecular complexity index is 626. The Hall–Kier alpha value is -2.07. The van der Waals surface area contributed by atoms with Gasteiger partial charge in [0.1, 0.15) is 23.1 Å². The molecule has 0 spiro atoms. The van der Waals surface area contributed by atoms with E-state index in [0.717, 1.165) is 22.4 Å². The van der Waals surface area contributed by atoms with Crippen LogP contribution in [0.25, 0.3) is 0 Å². The quantitative estimate of drug-likeness (QED) is 0.858. The summed E-state index contributed by atoms with van der Waals surface area (Å²) in [6.07, 6.45) is 0. The summed E-state index contributed by atoms with van der Waals surface area (Å²) in [6.45, 7) is 2.49. The van der Waals surface area contributed by atoms with E-state index in [1.54, 1.807) is 7.11 Å². The first-order valence-electron chi connectivity index (χ1n) is 6.27. The van der Waals surface area contributed by atoms with E-state index in [1.807, 2.05) is 49.4 Å². The predicted octanol–water partition coefficient (Wildman–Crippen LogP) is 3.22. The van der Waals surface area contributed by atoms with Crippen molar-refractivity contribution in [3.63, 3.8) is 0 Å². The smallest absolute Gasteiger partial charge is 0.129 e. The second-order valence-corrected chi connectivity index (χ2v) is 4.89. The highest BCUT2D eigenvalue weighted by molar-refractivity contribution is 7.80. The number of methoxy groups -OCH3 is 1. The third kappa shape index (κ3) is 3.27. The summed E-state index contributed by atoms with van der Waals surface area (Å²) >= 11 is 4.98. The van der Waals surface area contributed by atoms with Crippen molar-refractivity contribution >= 4 is 17.2 Å². The lowest BCUT2D eigenvalue weighted by atomic mass is 10.1. The summed E-state index contributed by atoms with van der Waals surface area (Å²) in [4.78, 5) is 0.327. The fourth-order valence-electron chi connectivity index (χ4n) is 1.91. The maximum Gasteiger partial charge on any atom is 0.129 e. The normalized spacial score (nSPS) is 10.1. The molecule has 3 nitrogen and oxygen atoms in total. The van der Waals surface area contributed by atoms with Crippen LogP contribution in [0.2, 0.25) is 0 Å². The summed E-state index contributed by atoms with van der Waals surface area (Å²) in [6, 6.07) is 13.6. The van der Waals surface area contributed by atoms with Crippen molar-refractivity contribution in [3.05, 3.63) is 59.2 Å². The van der Waals surface area contributed by atoms with Crippen molar-refractivity contribution in [2.45, 2.75) is 13.5 Å². The van der Waals surface area contributed by atoms with Crippen LogP contribution in [0.3, 0.4) is 0 Å². The predicted molar refractivity (Wildman–Crippen MR) is 84.4 cm³/mol. The number of para-hydroxylation sites is 1. The van der Waals surface area contributed by atoms with E-state index in [-0.39, 0.29) is 0 Å². The first-order chi connectivity index (χ1) is 9.61. The average molecular weight is 287 g/mol. The number of hydrogen-bond donors (Lipinski definition) is 1. The van der Waals surface area contributed by atoms with Gasteiger partial charge in [0.25, 0.3) is 0 Å². The molecule has 0 fully saturated rings. The van der Waals surface area contributed by atoms with Crippen molar-refractivity contribution in [1.29, 1.82) is 0 Å². The topological polar surface area (TPSA) is 44.5 Å². The van der Waals surface area contributed by atoms with Gasteiger partial charge >= 0.3 is 0 Å². The Morgan fingerprint density at radius 2 is 1.90 bits per heavy atom. The van der Waals surface area contributed by atoms with E-state index in [1.165, 1.54) is 0 Å². The fraction of sp³-hybridized carbons (Fsp3) is 0.188. The van der Waals surface area contributed by atoms with Crippen molar-refractivity contribution in [2.24, 2.45) is 5.73 Å². The molecular formula is C16H17NO2S. The highest BCUT2D eigenvalue weighted by atomic mass is 32.1. The van der Waals surface area contributed by atoms with Gasteiger partial charge < -0.3 is 15.2 Å². The number of hydrogen-bond acceptors (Lipinski definition) is 3. The van der Waals surface area contributed by atoms with Crippen LogP contribution in [0.4, 0.5) is 0 Å². The lowest BCUT2D eigenvalue weighted by Gasteiger charge is -2.12. The monoisotopic (exact) mass is 287 g/mol. The molecule has 0 aromatic heterocycles. The third-order valence-corrected chi connectivity index (χ3v) is 3.24. The van der Waals surface area contributed by atoms with Gasteiger partial charge in [-0.2, -0.15) is 0 Å². The van der Waals surface area contributed by atoms with E-state index >= 15 is 0 Å². The number of aryl methyl sites for hydroxylation is 1. The van der Waals surface area contributed by atoms with Gasteiger partial charge in [-0.05, 0) is 36.2 Å². The molecule has 0 unspecified atom stereocenters. The van der Waals surface area contributed by atoms with E-state index < -0.39 is 0 Å². The lowest BCUT2D eigenvalue weighted by molar-refractivity contribution is 0.303. The lowest BCUT2D eigenvalue weighted by Crippen LogP contribution is -2.11. The molecule has 2 N–H and O–H groups in total. The molecule has 2 rings (SSSR count). The molecule has 2 aromatic rings. The summed E-state index contributed by atoms with van der Waals surface area (Å²) < 4.78 is 11.1. The van der Waals surface area contributed by atoms with Crippen LogP contribution >= 0.6 is 12.2 Å². The standard InChI is InChI=1S/C16H17NO2S/c1-11-5-3-4-6-14(11)19-10-12-7-8-13(16(17)20)15(9-12)18-2/h3-9H,10H2,1-2H3,(H2,17,20). The van der Waals surface area contributed by atoms with E-state index in [9.17, 15) is 0 Å². The Balaban J connectivity index is 2.15. The first-order valence-corrected chi connectivity index (χ1v) is 6.68. The highest BCUT2D eigenvalue weighted by Gasteiger charge is 2.07. The minimum atomic E-state index is 0.327. The number of ether oxygens (including phenoxy) is 2. The molecule has 0 radical (unpaired) electrons. The summed E-state index contributed by atoms with van der Waals surface area (Å²) in [5.41, 5.74) is 8.50. The van der Waals surface area contributed by atoms with Crippen LogP contribution in [0.1, 0.15) is 16.7 Å². The maximum absolute atomic E-state index is 5.80. The van der Waals surface area contributed by atoms with Gasteiger partial charge in [-0.25, -0.2) is 0 Å². The molecule has 0 aliphatic heterocycles. The number of nitrogens with two attached hydrogens (primary N) is 1. The zero-order chi connectivity index (χ0) is 14.5. The zero-order valence-electron chi connectivity index (χ0n) is 11.6. The Labute approximate surface area is 124 Å². The molecule has 0 saturated carbocycles. The van der Waals surface area contributed by atoms with E-state index in [4.69, 9.17) is 27.4 Å². The van der Waals surface area contributed by atoms with Crippen LogP contribution in [0, 0.1) is 6.92 Å². The first kappa shape index (κ1) is 14.3. The number of rotatable bonds is 5. The van der Waals surface area contributed by atoms with Gasteiger partial charge in [0.2, 0.25) is 0 Å².